The standard InChI is InChI=1S/C15H32N2O/c1-7-14(4)12-17(13(3)9-10-18-6)15(5,8-2)11-16-14/h13,16H,7-12H2,1-6H3. The summed E-state index contributed by atoms with van der Waals surface area (Å²) in [6.07, 6.45) is 3.49. The Kier molecular flexibility index (Phi) is 5.63. The molecule has 1 saturated heterocycles. The van der Waals surface area contributed by atoms with Crippen molar-refractivity contribution in [3.8, 4) is 0 Å². The number of hydrogen-bond acceptors (Lipinski definition) is 3. The van der Waals surface area contributed by atoms with Gasteiger partial charge in [-0.1, -0.05) is 13.8 Å². The Balaban J connectivity index is 2.78. The van der Waals surface area contributed by atoms with Crippen molar-refractivity contribution >= 4 is 0 Å². The van der Waals surface area contributed by atoms with E-state index in [1.54, 1.807) is 7.11 Å². The van der Waals surface area contributed by atoms with Gasteiger partial charge in [-0.15, -0.1) is 0 Å². The van der Waals surface area contributed by atoms with Crippen LogP contribution >= 0.6 is 0 Å². The second-order valence-corrected chi connectivity index (χ2v) is 6.38. The van der Waals surface area contributed by atoms with Crippen molar-refractivity contribution in [2.45, 2.75) is 71.0 Å². The molecule has 1 aliphatic rings. The molecule has 1 heterocycles. The molecule has 0 aliphatic carbocycles. The van der Waals surface area contributed by atoms with E-state index in [0.29, 0.717) is 6.04 Å². The summed E-state index contributed by atoms with van der Waals surface area (Å²) in [5.41, 5.74) is 0.540. The molecule has 3 atom stereocenters. The molecule has 0 aromatic rings. The molecule has 0 radical (unpaired) electrons. The van der Waals surface area contributed by atoms with E-state index in [4.69, 9.17) is 4.74 Å². The zero-order chi connectivity index (χ0) is 13.8. The average Bonchev–Trinajstić information content (AvgIpc) is 2.39. The summed E-state index contributed by atoms with van der Waals surface area (Å²) < 4.78 is 5.24. The van der Waals surface area contributed by atoms with Gasteiger partial charge in [0.1, 0.15) is 0 Å². The third-order valence-electron chi connectivity index (χ3n) is 4.92. The highest BCUT2D eigenvalue weighted by Gasteiger charge is 2.42. The smallest absolute Gasteiger partial charge is 0.0477 e. The van der Waals surface area contributed by atoms with Crippen LogP contribution in [0.2, 0.25) is 0 Å². The predicted molar refractivity (Wildman–Crippen MR) is 78.1 cm³/mol. The van der Waals surface area contributed by atoms with Crippen molar-refractivity contribution in [1.82, 2.24) is 10.2 Å². The molecule has 0 aromatic heterocycles. The van der Waals surface area contributed by atoms with Crippen molar-refractivity contribution in [1.29, 1.82) is 0 Å². The van der Waals surface area contributed by atoms with E-state index < -0.39 is 0 Å². The second kappa shape index (κ2) is 6.36. The highest BCUT2D eigenvalue weighted by molar-refractivity contribution is 5.02. The first-order chi connectivity index (χ1) is 8.40. The predicted octanol–water partition coefficient (Wildman–Crippen LogP) is 2.65. The summed E-state index contributed by atoms with van der Waals surface area (Å²) in [7, 11) is 1.79. The van der Waals surface area contributed by atoms with E-state index in [-0.39, 0.29) is 11.1 Å². The van der Waals surface area contributed by atoms with E-state index >= 15 is 0 Å². The van der Waals surface area contributed by atoms with Crippen LogP contribution in [0.15, 0.2) is 0 Å². The van der Waals surface area contributed by atoms with Crippen molar-refractivity contribution in [3.63, 3.8) is 0 Å². The summed E-state index contributed by atoms with van der Waals surface area (Å²) in [4.78, 5) is 2.70. The van der Waals surface area contributed by atoms with Crippen molar-refractivity contribution < 1.29 is 4.74 Å². The van der Waals surface area contributed by atoms with Gasteiger partial charge in [0, 0.05) is 43.9 Å². The molecule has 1 N–H and O–H groups in total. The summed E-state index contributed by atoms with van der Waals surface area (Å²) in [6.45, 7) is 14.7. The molecule has 0 saturated carbocycles. The van der Waals surface area contributed by atoms with Crippen LogP contribution in [0.5, 0.6) is 0 Å². The monoisotopic (exact) mass is 256 g/mol. The Morgan fingerprint density at radius 3 is 2.44 bits per heavy atom. The summed E-state index contributed by atoms with van der Waals surface area (Å²) in [5, 5.41) is 3.75. The van der Waals surface area contributed by atoms with Gasteiger partial charge < -0.3 is 10.1 Å². The lowest BCUT2D eigenvalue weighted by molar-refractivity contribution is -0.0192. The minimum atomic E-state index is 0.260. The van der Waals surface area contributed by atoms with Crippen LogP contribution in [0, 0.1) is 0 Å². The van der Waals surface area contributed by atoms with E-state index in [1.165, 1.54) is 12.8 Å². The maximum Gasteiger partial charge on any atom is 0.0477 e. The van der Waals surface area contributed by atoms with Crippen LogP contribution in [0.1, 0.15) is 53.9 Å². The highest BCUT2D eigenvalue weighted by Crippen LogP contribution is 2.30. The van der Waals surface area contributed by atoms with Gasteiger partial charge >= 0.3 is 0 Å². The number of nitrogens with zero attached hydrogens (tertiary/aromatic N) is 1. The van der Waals surface area contributed by atoms with Gasteiger partial charge in [0.2, 0.25) is 0 Å². The Hall–Kier alpha value is -0.120. The minimum absolute atomic E-state index is 0.260. The normalized spacial score (nSPS) is 35.7. The molecule has 3 nitrogen and oxygen atoms in total. The lowest BCUT2D eigenvalue weighted by Crippen LogP contribution is -2.69. The van der Waals surface area contributed by atoms with Crippen LogP contribution in [0.25, 0.3) is 0 Å². The molecule has 0 spiro atoms. The van der Waals surface area contributed by atoms with Crippen LogP contribution < -0.4 is 5.32 Å². The summed E-state index contributed by atoms with van der Waals surface area (Å²) >= 11 is 0. The van der Waals surface area contributed by atoms with Gasteiger partial charge in [-0.05, 0) is 40.0 Å². The fourth-order valence-electron chi connectivity index (χ4n) is 2.83. The molecular formula is C15H32N2O. The first kappa shape index (κ1) is 15.9. The molecule has 0 bridgehead atoms. The van der Waals surface area contributed by atoms with E-state index in [2.05, 4.69) is 44.8 Å². The van der Waals surface area contributed by atoms with Crippen molar-refractivity contribution in [2.75, 3.05) is 26.8 Å². The van der Waals surface area contributed by atoms with E-state index in [0.717, 1.165) is 26.1 Å². The Morgan fingerprint density at radius 1 is 1.28 bits per heavy atom. The van der Waals surface area contributed by atoms with Crippen molar-refractivity contribution in [3.05, 3.63) is 0 Å². The Labute approximate surface area is 113 Å². The number of hydrogen-bond donors (Lipinski definition) is 1. The molecule has 108 valence electrons. The number of methoxy groups -OCH3 is 1. The van der Waals surface area contributed by atoms with Gasteiger partial charge in [-0.25, -0.2) is 0 Å². The third-order valence-corrected chi connectivity index (χ3v) is 4.92. The maximum absolute atomic E-state index is 5.24. The van der Waals surface area contributed by atoms with Gasteiger partial charge in [-0.3, -0.25) is 4.90 Å². The van der Waals surface area contributed by atoms with E-state index in [1.807, 2.05) is 0 Å². The summed E-state index contributed by atoms with van der Waals surface area (Å²) in [6, 6.07) is 0.586. The summed E-state index contributed by atoms with van der Waals surface area (Å²) in [5.74, 6) is 0. The third kappa shape index (κ3) is 3.46. The van der Waals surface area contributed by atoms with Gasteiger partial charge in [0.15, 0.2) is 0 Å². The number of nitrogens with one attached hydrogen (secondary N) is 1. The largest absolute Gasteiger partial charge is 0.385 e. The Morgan fingerprint density at radius 2 is 1.94 bits per heavy atom. The van der Waals surface area contributed by atoms with Crippen LogP contribution in [0.3, 0.4) is 0 Å². The van der Waals surface area contributed by atoms with Gasteiger partial charge in [0.25, 0.3) is 0 Å². The molecule has 1 rings (SSSR count). The molecular weight excluding hydrogens is 224 g/mol. The van der Waals surface area contributed by atoms with E-state index in [9.17, 15) is 0 Å². The fraction of sp³-hybridized carbons (Fsp3) is 1.00. The first-order valence-electron chi connectivity index (χ1n) is 7.41. The fourth-order valence-corrected chi connectivity index (χ4v) is 2.83. The molecule has 1 aliphatic heterocycles. The molecule has 3 heteroatoms. The molecule has 18 heavy (non-hydrogen) atoms. The second-order valence-electron chi connectivity index (χ2n) is 6.38. The lowest BCUT2D eigenvalue weighted by atomic mass is 9.84. The van der Waals surface area contributed by atoms with Crippen molar-refractivity contribution in [2.24, 2.45) is 0 Å². The van der Waals surface area contributed by atoms with Crippen LogP contribution in [0.4, 0.5) is 0 Å². The van der Waals surface area contributed by atoms with Crippen LogP contribution in [-0.4, -0.2) is 48.8 Å². The lowest BCUT2D eigenvalue weighted by Gasteiger charge is -2.54. The maximum atomic E-state index is 5.24. The zero-order valence-electron chi connectivity index (χ0n) is 13.2. The average molecular weight is 256 g/mol. The minimum Gasteiger partial charge on any atom is -0.385 e. The van der Waals surface area contributed by atoms with Crippen LogP contribution in [-0.2, 0) is 4.74 Å². The van der Waals surface area contributed by atoms with Gasteiger partial charge in [0.05, 0.1) is 0 Å². The molecule has 1 fully saturated rings. The first-order valence-corrected chi connectivity index (χ1v) is 7.41. The molecule has 0 amide bonds. The Bertz CT molecular complexity index is 259. The molecule has 3 unspecified atom stereocenters. The topological polar surface area (TPSA) is 24.5 Å². The highest BCUT2D eigenvalue weighted by atomic mass is 16.5. The SMILES string of the molecule is CCC1(C)CN(C(C)CCOC)C(C)(CC)CN1. The molecule has 0 aromatic carbocycles. The number of ether oxygens (including phenoxy) is 1. The number of rotatable bonds is 6. The zero-order valence-corrected chi connectivity index (χ0v) is 13.2. The quantitative estimate of drug-likeness (QED) is 0.791. The number of piperazine rings is 1. The van der Waals surface area contributed by atoms with Gasteiger partial charge in [-0.2, -0.15) is 0 Å².